The lowest BCUT2D eigenvalue weighted by Gasteiger charge is -2.15. The molecule has 0 aliphatic carbocycles. The van der Waals surface area contributed by atoms with Crippen molar-refractivity contribution in [1.29, 1.82) is 0 Å². The van der Waals surface area contributed by atoms with Crippen LogP contribution in [0.3, 0.4) is 0 Å². The van der Waals surface area contributed by atoms with Crippen molar-refractivity contribution in [3.63, 3.8) is 0 Å². The van der Waals surface area contributed by atoms with Crippen LogP contribution in [0.4, 0.5) is 0 Å². The van der Waals surface area contributed by atoms with Crippen molar-refractivity contribution in [2.45, 2.75) is 26.7 Å². The molecule has 5 heteroatoms. The molecule has 0 aromatic heterocycles. The van der Waals surface area contributed by atoms with E-state index in [0.717, 1.165) is 5.56 Å². The van der Waals surface area contributed by atoms with Crippen LogP contribution in [0, 0.1) is 0 Å². The molecule has 0 aliphatic rings. The summed E-state index contributed by atoms with van der Waals surface area (Å²) in [7, 11) is 0. The maximum Gasteiger partial charge on any atom is 0.339 e. The topological polar surface area (TPSA) is 77.8 Å². The quantitative estimate of drug-likeness (QED) is 0.748. The Labute approximate surface area is 102 Å². The second-order valence-electron chi connectivity index (χ2n) is 3.36. The summed E-state index contributed by atoms with van der Waals surface area (Å²) in [6.45, 7) is 3.67. The first-order valence-electron chi connectivity index (χ1n) is 4.94. The van der Waals surface area contributed by atoms with Gasteiger partial charge in [-0.15, -0.1) is 0 Å². The third-order valence-corrected chi connectivity index (χ3v) is 3.38. The van der Waals surface area contributed by atoms with Gasteiger partial charge in [-0.3, -0.25) is 0 Å². The van der Waals surface area contributed by atoms with Crippen LogP contribution in [0.5, 0.6) is 11.5 Å². The number of aromatic hydroxyl groups is 2. The molecule has 0 amide bonds. The lowest BCUT2D eigenvalue weighted by molar-refractivity contribution is 0.0691. The average molecular weight is 289 g/mol. The molecule has 0 aliphatic heterocycles. The van der Waals surface area contributed by atoms with Crippen LogP contribution in [0.15, 0.2) is 4.47 Å². The van der Waals surface area contributed by atoms with Crippen molar-refractivity contribution in [1.82, 2.24) is 0 Å². The van der Waals surface area contributed by atoms with E-state index in [0.29, 0.717) is 22.9 Å². The standard InChI is InChI=1S/C11H13BrO4/c1-3-5-6(4-2)8(12)10(14)9(13)7(5)11(15)16/h13-14H,3-4H2,1-2H3,(H,15,16). The largest absolute Gasteiger partial charge is 0.504 e. The van der Waals surface area contributed by atoms with Gasteiger partial charge in [-0.25, -0.2) is 4.79 Å². The fourth-order valence-electron chi connectivity index (χ4n) is 1.78. The molecule has 0 saturated heterocycles. The van der Waals surface area contributed by atoms with E-state index in [-0.39, 0.29) is 5.56 Å². The Hall–Kier alpha value is -1.23. The van der Waals surface area contributed by atoms with E-state index in [4.69, 9.17) is 5.11 Å². The Kier molecular flexibility index (Phi) is 3.80. The zero-order valence-corrected chi connectivity index (χ0v) is 10.6. The molecule has 0 saturated carbocycles. The van der Waals surface area contributed by atoms with Gasteiger partial charge in [0.05, 0.1) is 4.47 Å². The highest BCUT2D eigenvalue weighted by Crippen LogP contribution is 2.42. The first-order valence-corrected chi connectivity index (χ1v) is 5.73. The first kappa shape index (κ1) is 12.8. The number of carboxylic acids is 1. The van der Waals surface area contributed by atoms with Crippen LogP contribution in [0.1, 0.15) is 35.3 Å². The predicted octanol–water partition coefficient (Wildman–Crippen LogP) is 2.68. The van der Waals surface area contributed by atoms with E-state index in [2.05, 4.69) is 15.9 Å². The van der Waals surface area contributed by atoms with E-state index >= 15 is 0 Å². The van der Waals surface area contributed by atoms with Gasteiger partial charge >= 0.3 is 5.97 Å². The smallest absolute Gasteiger partial charge is 0.339 e. The van der Waals surface area contributed by atoms with Crippen molar-refractivity contribution in [2.24, 2.45) is 0 Å². The van der Waals surface area contributed by atoms with Crippen LogP contribution in [0.2, 0.25) is 0 Å². The molecule has 0 heterocycles. The molecule has 0 atom stereocenters. The summed E-state index contributed by atoms with van der Waals surface area (Å²) in [6.07, 6.45) is 1.06. The molecule has 3 N–H and O–H groups in total. The molecule has 0 unspecified atom stereocenters. The van der Waals surface area contributed by atoms with Gasteiger partial charge in [0.25, 0.3) is 0 Å². The van der Waals surface area contributed by atoms with Gasteiger partial charge in [0, 0.05) is 0 Å². The Morgan fingerprint density at radius 1 is 1.12 bits per heavy atom. The second kappa shape index (κ2) is 4.74. The van der Waals surface area contributed by atoms with Crippen molar-refractivity contribution in [3.05, 3.63) is 21.2 Å². The minimum atomic E-state index is -1.23. The Balaban J connectivity index is 3.72. The van der Waals surface area contributed by atoms with Gasteiger partial charge in [-0.2, -0.15) is 0 Å². The Bertz CT molecular complexity index is 440. The number of benzene rings is 1. The maximum absolute atomic E-state index is 11.0. The molecule has 1 rings (SSSR count). The number of hydrogen-bond donors (Lipinski definition) is 3. The molecule has 1 aromatic rings. The number of rotatable bonds is 3. The molecule has 0 fully saturated rings. The fraction of sp³-hybridized carbons (Fsp3) is 0.364. The van der Waals surface area contributed by atoms with E-state index in [9.17, 15) is 15.0 Å². The van der Waals surface area contributed by atoms with Crippen molar-refractivity contribution >= 4 is 21.9 Å². The highest BCUT2D eigenvalue weighted by Gasteiger charge is 2.24. The average Bonchev–Trinajstić information content (AvgIpc) is 2.24. The van der Waals surface area contributed by atoms with E-state index in [1.165, 1.54) is 0 Å². The van der Waals surface area contributed by atoms with Gasteiger partial charge in [0.15, 0.2) is 11.5 Å². The van der Waals surface area contributed by atoms with Crippen LogP contribution < -0.4 is 0 Å². The molecule has 4 nitrogen and oxygen atoms in total. The Morgan fingerprint density at radius 2 is 1.62 bits per heavy atom. The molecule has 0 radical (unpaired) electrons. The summed E-state index contributed by atoms with van der Waals surface area (Å²) in [6, 6.07) is 0. The maximum atomic E-state index is 11.0. The number of phenols is 2. The first-order chi connectivity index (χ1) is 7.45. The summed E-state index contributed by atoms with van der Waals surface area (Å²) >= 11 is 3.16. The summed E-state index contributed by atoms with van der Waals surface area (Å²) < 4.78 is 0.370. The summed E-state index contributed by atoms with van der Waals surface area (Å²) in [5.74, 6) is -2.22. The zero-order chi connectivity index (χ0) is 12.5. The lowest BCUT2D eigenvalue weighted by atomic mass is 9.95. The van der Waals surface area contributed by atoms with Crippen molar-refractivity contribution in [2.75, 3.05) is 0 Å². The van der Waals surface area contributed by atoms with Crippen LogP contribution >= 0.6 is 15.9 Å². The van der Waals surface area contributed by atoms with Gasteiger partial charge < -0.3 is 15.3 Å². The minimum absolute atomic E-state index is 0.208. The highest BCUT2D eigenvalue weighted by atomic mass is 79.9. The number of phenolic OH excluding ortho intramolecular Hbond substituents is 1. The minimum Gasteiger partial charge on any atom is -0.504 e. The third-order valence-electron chi connectivity index (χ3n) is 2.52. The molecule has 1 aromatic carbocycles. The van der Waals surface area contributed by atoms with E-state index < -0.39 is 17.5 Å². The normalized spacial score (nSPS) is 10.4. The van der Waals surface area contributed by atoms with Crippen LogP contribution in [0.25, 0.3) is 0 Å². The summed E-state index contributed by atoms with van der Waals surface area (Å²) in [4.78, 5) is 11.0. The van der Waals surface area contributed by atoms with E-state index in [1.54, 1.807) is 0 Å². The third kappa shape index (κ3) is 1.87. The Morgan fingerprint density at radius 3 is 2.00 bits per heavy atom. The summed E-state index contributed by atoms with van der Waals surface area (Å²) in [5, 5.41) is 28.3. The fourth-order valence-corrected chi connectivity index (χ4v) is 2.49. The van der Waals surface area contributed by atoms with Crippen molar-refractivity contribution in [3.8, 4) is 11.5 Å². The predicted molar refractivity (Wildman–Crippen MR) is 63.2 cm³/mol. The molecule has 0 spiro atoms. The van der Waals surface area contributed by atoms with Gasteiger partial charge in [0.1, 0.15) is 5.56 Å². The highest BCUT2D eigenvalue weighted by molar-refractivity contribution is 9.10. The number of hydrogen-bond acceptors (Lipinski definition) is 3. The van der Waals surface area contributed by atoms with Crippen LogP contribution in [-0.2, 0) is 12.8 Å². The van der Waals surface area contributed by atoms with Gasteiger partial charge in [-0.05, 0) is 39.9 Å². The zero-order valence-electron chi connectivity index (χ0n) is 9.04. The number of carboxylic acid groups (broad SMARTS) is 1. The summed E-state index contributed by atoms with van der Waals surface area (Å²) in [5.41, 5.74) is 1.06. The molecular formula is C11H13BrO4. The SMILES string of the molecule is CCc1c(Br)c(O)c(O)c(C(=O)O)c1CC. The molecule has 88 valence electrons. The van der Waals surface area contributed by atoms with E-state index in [1.807, 2.05) is 13.8 Å². The van der Waals surface area contributed by atoms with Crippen LogP contribution in [-0.4, -0.2) is 21.3 Å². The van der Waals surface area contributed by atoms with Gasteiger partial charge in [0.2, 0.25) is 0 Å². The second-order valence-corrected chi connectivity index (χ2v) is 4.15. The monoisotopic (exact) mass is 288 g/mol. The molecule has 0 bridgehead atoms. The number of carbonyl (C=O) groups is 1. The molecular weight excluding hydrogens is 276 g/mol. The van der Waals surface area contributed by atoms with Crippen molar-refractivity contribution < 1.29 is 20.1 Å². The molecule has 16 heavy (non-hydrogen) atoms. The number of aromatic carboxylic acids is 1. The number of halogens is 1. The van der Waals surface area contributed by atoms with Gasteiger partial charge in [-0.1, -0.05) is 13.8 Å². The lowest BCUT2D eigenvalue weighted by Crippen LogP contribution is -2.07.